The minimum Gasteiger partial charge on any atom is -0.495 e. The fourth-order valence-corrected chi connectivity index (χ4v) is 3.25. The van der Waals surface area contributed by atoms with E-state index in [2.05, 4.69) is 6.07 Å². The van der Waals surface area contributed by atoms with Crippen LogP contribution in [0.25, 0.3) is 10.4 Å². The summed E-state index contributed by atoms with van der Waals surface area (Å²) in [6.45, 7) is 2.20. The van der Waals surface area contributed by atoms with E-state index in [4.69, 9.17) is 10.00 Å². The van der Waals surface area contributed by atoms with Crippen LogP contribution in [0.5, 0.6) is 5.75 Å². The summed E-state index contributed by atoms with van der Waals surface area (Å²) in [5.41, 5.74) is 1.05. The molecule has 5 heteroatoms. The monoisotopic (exact) mass is 314 g/mol. The number of methoxy groups -OCH3 is 1. The van der Waals surface area contributed by atoms with Gasteiger partial charge < -0.3 is 9.64 Å². The molecule has 0 saturated heterocycles. The van der Waals surface area contributed by atoms with Crippen LogP contribution < -0.4 is 4.74 Å². The topological polar surface area (TPSA) is 53.3 Å². The zero-order valence-electron chi connectivity index (χ0n) is 12.9. The lowest BCUT2D eigenvalue weighted by atomic mass is 10.2. The summed E-state index contributed by atoms with van der Waals surface area (Å²) in [5.74, 6) is 0.255. The number of ether oxygens (including phenoxy) is 1. The minimum absolute atomic E-state index is 0.119. The third-order valence-electron chi connectivity index (χ3n) is 3.29. The zero-order chi connectivity index (χ0) is 16.1. The van der Waals surface area contributed by atoms with Crippen LogP contribution in [-0.4, -0.2) is 31.5 Å². The lowest BCUT2D eigenvalue weighted by Gasteiger charge is -2.17. The van der Waals surface area contributed by atoms with Gasteiger partial charge in [-0.3, -0.25) is 4.79 Å². The Morgan fingerprint density at radius 1 is 1.41 bits per heavy atom. The van der Waals surface area contributed by atoms with E-state index in [-0.39, 0.29) is 11.8 Å². The van der Waals surface area contributed by atoms with Crippen LogP contribution in [0.15, 0.2) is 36.4 Å². The maximum absolute atomic E-state index is 12.6. The number of carbonyl (C=O) groups is 1. The molecule has 2 aromatic rings. The first-order chi connectivity index (χ1) is 10.6. The predicted octanol–water partition coefficient (Wildman–Crippen LogP) is 3.66. The van der Waals surface area contributed by atoms with Crippen molar-refractivity contribution in [2.75, 3.05) is 20.7 Å². The lowest BCUT2D eigenvalue weighted by molar-refractivity contribution is 0.0787. The summed E-state index contributed by atoms with van der Waals surface area (Å²) >= 11 is 1.41. The van der Waals surface area contributed by atoms with Crippen molar-refractivity contribution in [1.29, 1.82) is 5.26 Å². The van der Waals surface area contributed by atoms with Crippen molar-refractivity contribution in [1.82, 2.24) is 4.90 Å². The molecule has 1 heterocycles. The van der Waals surface area contributed by atoms with Gasteiger partial charge in [-0.2, -0.15) is 5.26 Å². The van der Waals surface area contributed by atoms with Gasteiger partial charge in [-0.05, 0) is 18.6 Å². The Kier molecular flexibility index (Phi) is 5.18. The smallest absolute Gasteiger partial charge is 0.267 e. The Morgan fingerprint density at radius 2 is 2.09 bits per heavy atom. The molecular formula is C17H18N2O2S. The van der Waals surface area contributed by atoms with Crippen LogP contribution in [0.3, 0.4) is 0 Å². The van der Waals surface area contributed by atoms with E-state index < -0.39 is 0 Å². The van der Waals surface area contributed by atoms with Gasteiger partial charge in [0.15, 0.2) is 0 Å². The molecule has 22 heavy (non-hydrogen) atoms. The van der Waals surface area contributed by atoms with Crippen LogP contribution >= 0.6 is 11.3 Å². The average molecular weight is 314 g/mol. The standard InChI is InChI=1S/C17H18N2O2S/c1-12(10-18)11-19(2)17(20)16-14(21-3)9-15(22-16)13-7-5-4-6-8-13/h4-9,12H,11H2,1-3H3/t12-/m1/s1. The average Bonchev–Trinajstić information content (AvgIpc) is 2.99. The number of nitrogens with zero attached hydrogens (tertiary/aromatic N) is 2. The summed E-state index contributed by atoms with van der Waals surface area (Å²) in [6, 6.07) is 13.9. The highest BCUT2D eigenvalue weighted by atomic mass is 32.1. The Balaban J connectivity index is 2.29. The summed E-state index contributed by atoms with van der Waals surface area (Å²) in [4.78, 5) is 15.7. The highest BCUT2D eigenvalue weighted by Crippen LogP contribution is 2.36. The Morgan fingerprint density at radius 3 is 2.68 bits per heavy atom. The molecule has 114 valence electrons. The highest BCUT2D eigenvalue weighted by molar-refractivity contribution is 7.17. The van der Waals surface area contributed by atoms with Crippen LogP contribution in [0.2, 0.25) is 0 Å². The van der Waals surface area contributed by atoms with Crippen molar-refractivity contribution in [2.24, 2.45) is 5.92 Å². The second kappa shape index (κ2) is 7.10. The minimum atomic E-state index is -0.200. The van der Waals surface area contributed by atoms with Gasteiger partial charge in [-0.1, -0.05) is 30.3 Å². The maximum atomic E-state index is 12.6. The summed E-state index contributed by atoms with van der Waals surface area (Å²) < 4.78 is 5.35. The van der Waals surface area contributed by atoms with Gasteiger partial charge in [-0.15, -0.1) is 11.3 Å². The summed E-state index contributed by atoms with van der Waals surface area (Å²) in [6.07, 6.45) is 0. The molecule has 1 atom stereocenters. The van der Waals surface area contributed by atoms with Gasteiger partial charge in [0.1, 0.15) is 10.6 Å². The van der Waals surface area contributed by atoms with Crippen molar-refractivity contribution in [3.05, 3.63) is 41.3 Å². The van der Waals surface area contributed by atoms with Crippen LogP contribution in [0.1, 0.15) is 16.6 Å². The van der Waals surface area contributed by atoms with Gasteiger partial charge in [0.2, 0.25) is 0 Å². The molecule has 1 aromatic heterocycles. The largest absolute Gasteiger partial charge is 0.495 e. The van der Waals surface area contributed by atoms with Crippen LogP contribution in [-0.2, 0) is 0 Å². The summed E-state index contributed by atoms with van der Waals surface area (Å²) in [5, 5.41) is 8.88. The van der Waals surface area contributed by atoms with Crippen molar-refractivity contribution in [3.63, 3.8) is 0 Å². The maximum Gasteiger partial charge on any atom is 0.267 e. The zero-order valence-corrected chi connectivity index (χ0v) is 13.7. The third-order valence-corrected chi connectivity index (χ3v) is 4.44. The Labute approximate surface area is 134 Å². The Bertz CT molecular complexity index is 688. The van der Waals surface area contributed by atoms with Gasteiger partial charge in [0.25, 0.3) is 5.91 Å². The molecule has 0 spiro atoms. The number of benzene rings is 1. The van der Waals surface area contributed by atoms with Crippen LogP contribution in [0, 0.1) is 17.2 Å². The van der Waals surface area contributed by atoms with E-state index in [0.717, 1.165) is 10.4 Å². The van der Waals surface area contributed by atoms with Crippen molar-refractivity contribution in [3.8, 4) is 22.3 Å². The van der Waals surface area contributed by atoms with Gasteiger partial charge >= 0.3 is 0 Å². The van der Waals surface area contributed by atoms with Crippen LogP contribution in [0.4, 0.5) is 0 Å². The Hall–Kier alpha value is -2.32. The van der Waals surface area contributed by atoms with E-state index in [9.17, 15) is 4.79 Å². The second-order valence-electron chi connectivity index (χ2n) is 5.09. The fraction of sp³-hybridized carbons (Fsp3) is 0.294. The summed E-state index contributed by atoms with van der Waals surface area (Å²) in [7, 11) is 3.27. The number of amides is 1. The molecule has 0 saturated carbocycles. The van der Waals surface area contributed by atoms with Crippen molar-refractivity contribution >= 4 is 17.2 Å². The molecule has 1 amide bonds. The molecule has 0 fully saturated rings. The molecule has 0 aliphatic rings. The first-order valence-electron chi connectivity index (χ1n) is 6.95. The number of hydrogen-bond donors (Lipinski definition) is 0. The first kappa shape index (κ1) is 16.1. The van der Waals surface area contributed by atoms with Gasteiger partial charge in [0.05, 0.1) is 19.1 Å². The molecule has 1 aromatic carbocycles. The molecule has 0 aliphatic heterocycles. The number of carbonyl (C=O) groups excluding carboxylic acids is 1. The number of hydrogen-bond acceptors (Lipinski definition) is 4. The molecule has 0 radical (unpaired) electrons. The predicted molar refractivity (Wildman–Crippen MR) is 88.0 cm³/mol. The molecule has 0 N–H and O–H groups in total. The first-order valence-corrected chi connectivity index (χ1v) is 7.76. The van der Waals surface area contributed by atoms with Gasteiger partial charge in [-0.25, -0.2) is 0 Å². The van der Waals surface area contributed by atoms with E-state index in [0.29, 0.717) is 17.2 Å². The fourth-order valence-electron chi connectivity index (χ4n) is 2.13. The van der Waals surface area contributed by atoms with E-state index in [1.165, 1.54) is 11.3 Å². The van der Waals surface area contributed by atoms with E-state index in [1.54, 1.807) is 26.0 Å². The normalized spacial score (nSPS) is 11.5. The molecule has 0 bridgehead atoms. The molecule has 2 rings (SSSR count). The van der Waals surface area contributed by atoms with E-state index in [1.807, 2.05) is 36.4 Å². The van der Waals surface area contributed by atoms with Crippen molar-refractivity contribution < 1.29 is 9.53 Å². The second-order valence-corrected chi connectivity index (χ2v) is 6.14. The SMILES string of the molecule is COc1cc(-c2ccccc2)sc1C(=O)N(C)C[C@H](C)C#N. The molecule has 0 aliphatic carbocycles. The molecule has 4 nitrogen and oxygen atoms in total. The van der Waals surface area contributed by atoms with Crippen molar-refractivity contribution in [2.45, 2.75) is 6.92 Å². The highest BCUT2D eigenvalue weighted by Gasteiger charge is 2.22. The van der Waals surface area contributed by atoms with Gasteiger partial charge in [0, 0.05) is 18.5 Å². The van der Waals surface area contributed by atoms with E-state index >= 15 is 0 Å². The quantitative estimate of drug-likeness (QED) is 0.846. The third kappa shape index (κ3) is 3.46. The number of nitriles is 1. The molecule has 0 unspecified atom stereocenters. The molecular weight excluding hydrogens is 296 g/mol. The lowest BCUT2D eigenvalue weighted by Crippen LogP contribution is -2.30. The number of thiophene rings is 1. The number of rotatable bonds is 5.